The maximum Gasteiger partial charge on any atom is 0.261 e. The minimum Gasteiger partial charge on any atom is -0.497 e. The molecule has 1 aliphatic heterocycles. The largest absolute Gasteiger partial charge is 0.497 e. The summed E-state index contributed by atoms with van der Waals surface area (Å²) in [6.45, 7) is 5.25. The Morgan fingerprint density at radius 2 is 2.08 bits per heavy atom. The molecule has 6 nitrogen and oxygen atoms in total. The molecule has 1 aromatic rings. The van der Waals surface area contributed by atoms with E-state index in [1.807, 2.05) is 18.2 Å². The van der Waals surface area contributed by atoms with Crippen LogP contribution in [0.25, 0.3) is 6.08 Å². The van der Waals surface area contributed by atoms with Crippen LogP contribution in [0.4, 0.5) is 0 Å². The zero-order valence-electron chi connectivity index (χ0n) is 14.0. The van der Waals surface area contributed by atoms with Gasteiger partial charge in [0.25, 0.3) is 5.91 Å². The van der Waals surface area contributed by atoms with Gasteiger partial charge in [-0.1, -0.05) is 12.1 Å². The van der Waals surface area contributed by atoms with Crippen molar-refractivity contribution in [1.82, 2.24) is 5.32 Å². The molecule has 1 heterocycles. The Morgan fingerprint density at radius 3 is 2.71 bits per heavy atom. The van der Waals surface area contributed by atoms with Gasteiger partial charge in [-0.25, -0.2) is 0 Å². The van der Waals surface area contributed by atoms with Crippen molar-refractivity contribution in [3.05, 3.63) is 35.4 Å². The Balaban J connectivity index is 1.79. The fourth-order valence-corrected chi connectivity index (χ4v) is 2.56. The van der Waals surface area contributed by atoms with E-state index in [0.717, 1.165) is 50.6 Å². The van der Waals surface area contributed by atoms with E-state index in [1.54, 1.807) is 25.3 Å². The van der Waals surface area contributed by atoms with Gasteiger partial charge in [0.1, 0.15) is 30.5 Å². The highest BCUT2D eigenvalue weighted by Crippen LogP contribution is 2.13. The Hall–Kier alpha value is -2.36. The highest BCUT2D eigenvalue weighted by atomic mass is 16.5. The summed E-state index contributed by atoms with van der Waals surface area (Å²) in [4.78, 5) is 13.6. The summed E-state index contributed by atoms with van der Waals surface area (Å²) >= 11 is 0. The van der Waals surface area contributed by atoms with E-state index >= 15 is 0 Å². The predicted octanol–water partition coefficient (Wildman–Crippen LogP) is 0.0236. The van der Waals surface area contributed by atoms with Gasteiger partial charge in [-0.2, -0.15) is 5.26 Å². The van der Waals surface area contributed by atoms with Crippen LogP contribution in [0.3, 0.4) is 0 Å². The fraction of sp³-hybridized carbons (Fsp3) is 0.444. The molecule has 0 unspecified atom stereocenters. The Labute approximate surface area is 142 Å². The molecular formula is C18H24N3O3+. The number of morpholine rings is 1. The molecule has 0 aromatic heterocycles. The second-order valence-corrected chi connectivity index (χ2v) is 5.66. The van der Waals surface area contributed by atoms with Crippen LogP contribution in [0.5, 0.6) is 5.75 Å². The molecule has 1 fully saturated rings. The third-order valence-corrected chi connectivity index (χ3v) is 3.98. The number of ether oxygens (including phenoxy) is 2. The zero-order valence-corrected chi connectivity index (χ0v) is 14.0. The van der Waals surface area contributed by atoms with Crippen molar-refractivity contribution >= 4 is 12.0 Å². The molecule has 6 heteroatoms. The molecule has 0 atom stereocenters. The first-order valence-electron chi connectivity index (χ1n) is 8.18. The van der Waals surface area contributed by atoms with Crippen LogP contribution in [0, 0.1) is 11.3 Å². The van der Waals surface area contributed by atoms with Crippen LogP contribution in [0.2, 0.25) is 0 Å². The maximum absolute atomic E-state index is 12.1. The molecule has 2 rings (SSSR count). The molecule has 128 valence electrons. The lowest BCUT2D eigenvalue weighted by molar-refractivity contribution is -0.908. The highest BCUT2D eigenvalue weighted by molar-refractivity contribution is 6.01. The van der Waals surface area contributed by atoms with E-state index < -0.39 is 0 Å². The van der Waals surface area contributed by atoms with Gasteiger partial charge in [-0.3, -0.25) is 4.79 Å². The standard InChI is InChI=1S/C18H23N3O3/c1-23-17-5-3-15(4-6-17)13-16(14-19)18(22)20-7-2-8-21-9-11-24-12-10-21/h3-6,13H,2,7-12H2,1H3,(H,20,22)/p+1/b16-13+. The topological polar surface area (TPSA) is 75.8 Å². The summed E-state index contributed by atoms with van der Waals surface area (Å²) in [5.74, 6) is 0.408. The number of carbonyl (C=O) groups is 1. The third-order valence-electron chi connectivity index (χ3n) is 3.98. The van der Waals surface area contributed by atoms with Gasteiger partial charge in [0, 0.05) is 13.0 Å². The molecule has 1 aromatic carbocycles. The summed E-state index contributed by atoms with van der Waals surface area (Å²) in [5, 5.41) is 12.0. The molecule has 1 aliphatic rings. The van der Waals surface area contributed by atoms with Crippen LogP contribution < -0.4 is 15.0 Å². The van der Waals surface area contributed by atoms with E-state index in [0.29, 0.717) is 6.54 Å². The number of quaternary nitrogens is 1. The van der Waals surface area contributed by atoms with Crippen molar-refractivity contribution < 1.29 is 19.2 Å². The number of carbonyl (C=O) groups excluding carboxylic acids is 1. The normalized spacial score (nSPS) is 15.6. The van der Waals surface area contributed by atoms with Crippen LogP contribution >= 0.6 is 0 Å². The summed E-state index contributed by atoms with van der Waals surface area (Å²) in [6, 6.07) is 9.18. The lowest BCUT2D eigenvalue weighted by Gasteiger charge is -2.23. The number of nitrogens with zero attached hydrogens (tertiary/aromatic N) is 1. The minimum atomic E-state index is -0.328. The summed E-state index contributed by atoms with van der Waals surface area (Å²) in [7, 11) is 1.59. The van der Waals surface area contributed by atoms with Gasteiger partial charge in [-0.15, -0.1) is 0 Å². The number of amides is 1. The molecule has 0 saturated carbocycles. The zero-order chi connectivity index (χ0) is 17.2. The number of hydrogen-bond acceptors (Lipinski definition) is 4. The molecular weight excluding hydrogens is 306 g/mol. The van der Waals surface area contributed by atoms with E-state index in [-0.39, 0.29) is 11.5 Å². The average Bonchev–Trinajstić information content (AvgIpc) is 2.64. The molecule has 0 spiro atoms. The van der Waals surface area contributed by atoms with E-state index in [1.165, 1.54) is 4.90 Å². The first-order valence-corrected chi connectivity index (χ1v) is 8.18. The Morgan fingerprint density at radius 1 is 1.38 bits per heavy atom. The number of nitrogens with one attached hydrogen (secondary N) is 2. The quantitative estimate of drug-likeness (QED) is 0.420. The molecule has 0 radical (unpaired) electrons. The van der Waals surface area contributed by atoms with Crippen molar-refractivity contribution in [2.24, 2.45) is 0 Å². The van der Waals surface area contributed by atoms with E-state index in [2.05, 4.69) is 5.32 Å². The minimum absolute atomic E-state index is 0.110. The van der Waals surface area contributed by atoms with Crippen molar-refractivity contribution in [2.45, 2.75) is 6.42 Å². The second-order valence-electron chi connectivity index (χ2n) is 5.66. The van der Waals surface area contributed by atoms with Gasteiger partial charge in [0.2, 0.25) is 0 Å². The first-order chi connectivity index (χ1) is 11.7. The van der Waals surface area contributed by atoms with Crippen molar-refractivity contribution in [2.75, 3.05) is 46.5 Å². The molecule has 0 aliphatic carbocycles. The van der Waals surface area contributed by atoms with Gasteiger partial charge < -0.3 is 19.7 Å². The van der Waals surface area contributed by atoms with Crippen LogP contribution in [0.1, 0.15) is 12.0 Å². The second kappa shape index (κ2) is 9.71. The molecule has 1 amide bonds. The molecule has 1 saturated heterocycles. The predicted molar refractivity (Wildman–Crippen MR) is 90.6 cm³/mol. The summed E-state index contributed by atoms with van der Waals surface area (Å²) < 4.78 is 10.4. The van der Waals surface area contributed by atoms with E-state index in [4.69, 9.17) is 9.47 Å². The van der Waals surface area contributed by atoms with Crippen molar-refractivity contribution in [1.29, 1.82) is 5.26 Å². The number of nitriles is 1. The van der Waals surface area contributed by atoms with E-state index in [9.17, 15) is 10.1 Å². The smallest absolute Gasteiger partial charge is 0.261 e. The van der Waals surface area contributed by atoms with Gasteiger partial charge >= 0.3 is 0 Å². The summed E-state index contributed by atoms with van der Waals surface area (Å²) in [6.07, 6.45) is 2.48. The first kappa shape index (κ1) is 18.0. The lowest BCUT2D eigenvalue weighted by atomic mass is 10.1. The van der Waals surface area contributed by atoms with Gasteiger partial charge in [0.05, 0.1) is 26.9 Å². The molecule has 24 heavy (non-hydrogen) atoms. The molecule has 0 bridgehead atoms. The number of methoxy groups -OCH3 is 1. The van der Waals surface area contributed by atoms with Crippen LogP contribution in [-0.2, 0) is 9.53 Å². The fourth-order valence-electron chi connectivity index (χ4n) is 2.56. The maximum atomic E-state index is 12.1. The van der Waals surface area contributed by atoms with Crippen LogP contribution in [-0.4, -0.2) is 52.4 Å². The number of rotatable bonds is 7. The monoisotopic (exact) mass is 330 g/mol. The highest BCUT2D eigenvalue weighted by Gasteiger charge is 2.13. The van der Waals surface area contributed by atoms with Crippen LogP contribution in [0.15, 0.2) is 29.8 Å². The van der Waals surface area contributed by atoms with Gasteiger partial charge in [0.15, 0.2) is 0 Å². The van der Waals surface area contributed by atoms with Crippen molar-refractivity contribution in [3.8, 4) is 11.8 Å². The Bertz CT molecular complexity index is 599. The van der Waals surface area contributed by atoms with Gasteiger partial charge in [-0.05, 0) is 23.8 Å². The lowest BCUT2D eigenvalue weighted by Crippen LogP contribution is -3.14. The molecule has 2 N–H and O–H groups in total. The Kier molecular flexibility index (Phi) is 7.27. The SMILES string of the molecule is COc1ccc(/C=C(\C#N)C(=O)NCCC[NH+]2CCOCC2)cc1. The summed E-state index contributed by atoms with van der Waals surface area (Å²) in [5.41, 5.74) is 0.902. The third kappa shape index (κ3) is 5.69. The number of hydrogen-bond donors (Lipinski definition) is 2. The van der Waals surface area contributed by atoms with Crippen molar-refractivity contribution in [3.63, 3.8) is 0 Å². The average molecular weight is 330 g/mol. The number of benzene rings is 1.